The largest absolute Gasteiger partial charge is 0.393 e. The molecule has 0 aliphatic heterocycles. The molecule has 4 aliphatic carbocycles. The van der Waals surface area contributed by atoms with E-state index < -0.39 is 0 Å². The number of hydrogen-bond donors (Lipinski definition) is 2. The van der Waals surface area contributed by atoms with Crippen molar-refractivity contribution in [3.05, 3.63) is 0 Å². The molecular weight excluding hydrogens is 392 g/mol. The fraction of sp³-hybridized carbons (Fsp3) is 0.923. The SMILES string of the molecule is O=C(C1CCC(O)CC1)C1CCC(OC2CCC(C(=O)C3CCC(O)CC3)CC2)CC1. The van der Waals surface area contributed by atoms with Gasteiger partial charge in [0.2, 0.25) is 0 Å². The molecule has 0 aromatic carbocycles. The van der Waals surface area contributed by atoms with E-state index in [9.17, 15) is 19.8 Å². The summed E-state index contributed by atoms with van der Waals surface area (Å²) in [6, 6.07) is 0. The van der Waals surface area contributed by atoms with Crippen molar-refractivity contribution in [2.45, 2.75) is 127 Å². The van der Waals surface area contributed by atoms with Crippen LogP contribution in [0, 0.1) is 23.7 Å². The Morgan fingerprint density at radius 1 is 0.452 bits per heavy atom. The van der Waals surface area contributed by atoms with Gasteiger partial charge in [-0.2, -0.15) is 0 Å². The minimum absolute atomic E-state index is 0.172. The summed E-state index contributed by atoms with van der Waals surface area (Å²) in [4.78, 5) is 25.7. The van der Waals surface area contributed by atoms with E-state index in [4.69, 9.17) is 4.74 Å². The Hall–Kier alpha value is -0.780. The molecule has 4 saturated carbocycles. The Kier molecular flexibility index (Phi) is 8.22. The number of Topliss-reactive ketones (excluding diaryl/α,β-unsaturated/α-hetero) is 2. The van der Waals surface area contributed by atoms with Gasteiger partial charge in [-0.05, 0) is 103 Å². The highest BCUT2D eigenvalue weighted by atomic mass is 16.5. The molecule has 0 aromatic heterocycles. The van der Waals surface area contributed by atoms with E-state index in [-0.39, 0.29) is 48.1 Å². The summed E-state index contributed by atoms with van der Waals surface area (Å²) in [7, 11) is 0. The van der Waals surface area contributed by atoms with Crippen molar-refractivity contribution in [2.24, 2.45) is 23.7 Å². The molecule has 4 fully saturated rings. The lowest BCUT2D eigenvalue weighted by Crippen LogP contribution is -2.36. The minimum Gasteiger partial charge on any atom is -0.393 e. The van der Waals surface area contributed by atoms with Crippen molar-refractivity contribution in [3.8, 4) is 0 Å². The first-order valence-corrected chi connectivity index (χ1v) is 13.1. The van der Waals surface area contributed by atoms with E-state index in [0.717, 1.165) is 103 Å². The molecule has 176 valence electrons. The van der Waals surface area contributed by atoms with Crippen LogP contribution in [0.3, 0.4) is 0 Å². The number of hydrogen-bond acceptors (Lipinski definition) is 5. The molecule has 0 aromatic rings. The second kappa shape index (κ2) is 10.9. The van der Waals surface area contributed by atoms with Gasteiger partial charge in [-0.3, -0.25) is 9.59 Å². The highest BCUT2D eigenvalue weighted by Crippen LogP contribution is 2.37. The van der Waals surface area contributed by atoms with E-state index in [1.807, 2.05) is 0 Å². The molecule has 4 rings (SSSR count). The predicted octanol–water partition coefficient (Wildman–Crippen LogP) is 4.36. The average molecular weight is 435 g/mol. The second-order valence-corrected chi connectivity index (χ2v) is 10.9. The summed E-state index contributed by atoms with van der Waals surface area (Å²) in [6.45, 7) is 0. The molecule has 31 heavy (non-hydrogen) atoms. The lowest BCUT2D eigenvalue weighted by atomic mass is 9.75. The summed E-state index contributed by atoms with van der Waals surface area (Å²) >= 11 is 0. The van der Waals surface area contributed by atoms with Crippen molar-refractivity contribution in [1.29, 1.82) is 0 Å². The lowest BCUT2D eigenvalue weighted by Gasteiger charge is -2.36. The third kappa shape index (κ3) is 6.17. The first-order chi connectivity index (χ1) is 15.0. The summed E-state index contributed by atoms with van der Waals surface area (Å²) < 4.78 is 6.42. The summed E-state index contributed by atoms with van der Waals surface area (Å²) in [5.74, 6) is 1.63. The van der Waals surface area contributed by atoms with Gasteiger partial charge < -0.3 is 14.9 Å². The zero-order chi connectivity index (χ0) is 21.8. The zero-order valence-corrected chi connectivity index (χ0v) is 19.1. The Balaban J connectivity index is 1.14. The fourth-order valence-corrected chi connectivity index (χ4v) is 6.63. The van der Waals surface area contributed by atoms with Crippen LogP contribution < -0.4 is 0 Å². The minimum atomic E-state index is -0.200. The Morgan fingerprint density at radius 3 is 1.00 bits per heavy atom. The molecule has 0 spiro atoms. The Morgan fingerprint density at radius 2 is 0.710 bits per heavy atom. The van der Waals surface area contributed by atoms with E-state index >= 15 is 0 Å². The molecule has 0 amide bonds. The van der Waals surface area contributed by atoms with Crippen molar-refractivity contribution in [3.63, 3.8) is 0 Å². The molecule has 0 heterocycles. The van der Waals surface area contributed by atoms with E-state index in [1.54, 1.807) is 0 Å². The molecule has 2 N–H and O–H groups in total. The maximum atomic E-state index is 12.8. The highest BCUT2D eigenvalue weighted by molar-refractivity contribution is 5.84. The lowest BCUT2D eigenvalue weighted by molar-refractivity contribution is -0.132. The average Bonchev–Trinajstić information content (AvgIpc) is 2.80. The van der Waals surface area contributed by atoms with Gasteiger partial charge >= 0.3 is 0 Å². The van der Waals surface area contributed by atoms with Crippen LogP contribution in [0.1, 0.15) is 103 Å². The van der Waals surface area contributed by atoms with Crippen LogP contribution >= 0.6 is 0 Å². The summed E-state index contributed by atoms with van der Waals surface area (Å²) in [5.41, 5.74) is 0. The number of ether oxygens (including phenoxy) is 1. The zero-order valence-electron chi connectivity index (χ0n) is 19.1. The quantitative estimate of drug-likeness (QED) is 0.649. The molecular formula is C26H42O5. The highest BCUT2D eigenvalue weighted by Gasteiger charge is 2.36. The van der Waals surface area contributed by atoms with Gasteiger partial charge in [0.1, 0.15) is 11.6 Å². The van der Waals surface area contributed by atoms with Crippen LogP contribution in [0.15, 0.2) is 0 Å². The molecule has 0 atom stereocenters. The van der Waals surface area contributed by atoms with Gasteiger partial charge in [0, 0.05) is 23.7 Å². The standard InChI is InChI=1S/C26H42O5/c27-21-9-1-17(2-10-21)25(29)19-5-13-23(14-6-19)31-24-15-7-20(8-16-24)26(30)18-3-11-22(28)12-4-18/h17-24,27-28H,1-16H2. The van der Waals surface area contributed by atoms with Crippen molar-refractivity contribution in [1.82, 2.24) is 0 Å². The van der Waals surface area contributed by atoms with Crippen molar-refractivity contribution in [2.75, 3.05) is 0 Å². The van der Waals surface area contributed by atoms with Crippen LogP contribution in [0.25, 0.3) is 0 Å². The third-order valence-electron chi connectivity index (χ3n) is 8.74. The Labute approximate surface area is 187 Å². The maximum Gasteiger partial charge on any atom is 0.139 e. The van der Waals surface area contributed by atoms with Crippen LogP contribution in [0.2, 0.25) is 0 Å². The molecule has 0 bridgehead atoms. The van der Waals surface area contributed by atoms with Gasteiger partial charge in [-0.25, -0.2) is 0 Å². The monoisotopic (exact) mass is 434 g/mol. The summed E-state index contributed by atoms with van der Waals surface area (Å²) in [6.07, 6.45) is 14.4. The molecule has 0 unspecified atom stereocenters. The number of rotatable bonds is 6. The molecule has 4 aliphatic rings. The van der Waals surface area contributed by atoms with Crippen LogP contribution in [-0.2, 0) is 14.3 Å². The topological polar surface area (TPSA) is 83.8 Å². The van der Waals surface area contributed by atoms with Gasteiger partial charge in [0.15, 0.2) is 0 Å². The fourth-order valence-electron chi connectivity index (χ4n) is 6.63. The predicted molar refractivity (Wildman–Crippen MR) is 119 cm³/mol. The molecule has 5 heteroatoms. The number of ketones is 2. The van der Waals surface area contributed by atoms with Crippen molar-refractivity contribution < 1.29 is 24.5 Å². The van der Waals surface area contributed by atoms with Crippen LogP contribution in [0.5, 0.6) is 0 Å². The number of aliphatic hydroxyl groups excluding tert-OH is 2. The van der Waals surface area contributed by atoms with Gasteiger partial charge in [-0.15, -0.1) is 0 Å². The first kappa shape index (κ1) is 23.4. The normalized spacial score (nSPS) is 42.1. The number of carbonyl (C=O) groups excluding carboxylic acids is 2. The van der Waals surface area contributed by atoms with Crippen LogP contribution in [0.4, 0.5) is 0 Å². The van der Waals surface area contributed by atoms with Crippen molar-refractivity contribution >= 4 is 11.6 Å². The number of carbonyl (C=O) groups is 2. The van der Waals surface area contributed by atoms with E-state index in [1.165, 1.54) is 0 Å². The van der Waals surface area contributed by atoms with E-state index in [2.05, 4.69) is 0 Å². The molecule has 5 nitrogen and oxygen atoms in total. The first-order valence-electron chi connectivity index (χ1n) is 13.1. The van der Waals surface area contributed by atoms with Crippen LogP contribution in [-0.4, -0.2) is 46.2 Å². The van der Waals surface area contributed by atoms with Gasteiger partial charge in [0.25, 0.3) is 0 Å². The Bertz CT molecular complexity index is 535. The molecule has 0 radical (unpaired) electrons. The van der Waals surface area contributed by atoms with E-state index in [0.29, 0.717) is 11.6 Å². The van der Waals surface area contributed by atoms with Gasteiger partial charge in [0.05, 0.1) is 24.4 Å². The smallest absolute Gasteiger partial charge is 0.139 e. The third-order valence-corrected chi connectivity index (χ3v) is 8.74. The second-order valence-electron chi connectivity index (χ2n) is 10.9. The summed E-state index contributed by atoms with van der Waals surface area (Å²) in [5, 5.41) is 19.4. The van der Waals surface area contributed by atoms with Gasteiger partial charge in [-0.1, -0.05) is 0 Å². The number of aliphatic hydroxyl groups is 2. The molecule has 0 saturated heterocycles. The maximum absolute atomic E-state index is 12.8.